The van der Waals surface area contributed by atoms with Gasteiger partial charge in [-0.15, -0.1) is 0 Å². The van der Waals surface area contributed by atoms with Gasteiger partial charge in [-0.2, -0.15) is 0 Å². The molecule has 0 radical (unpaired) electrons. The summed E-state index contributed by atoms with van der Waals surface area (Å²) in [5, 5.41) is 39.9. The van der Waals surface area contributed by atoms with Crippen LogP contribution in [0.5, 0.6) is 5.88 Å². The summed E-state index contributed by atoms with van der Waals surface area (Å²) < 4.78 is 37.6. The molecule has 1 fully saturated rings. The number of hydrogen-bond donors (Lipinski definition) is 5. The molecule has 0 unspecified atom stereocenters. The Balaban J connectivity index is 2.18. The number of benzene rings is 1. The van der Waals surface area contributed by atoms with E-state index in [4.69, 9.17) is 15.2 Å². The van der Waals surface area contributed by atoms with Crippen molar-refractivity contribution in [3.8, 4) is 5.88 Å². The molecule has 3 rings (SSSR count). The van der Waals surface area contributed by atoms with Crippen molar-refractivity contribution in [3.05, 3.63) is 36.7 Å². The Bertz CT molecular complexity index is 1050. The van der Waals surface area contributed by atoms with Gasteiger partial charge in [-0.05, 0) is 24.3 Å². The van der Waals surface area contributed by atoms with Crippen LogP contribution in [0.4, 0.5) is 11.5 Å². The summed E-state index contributed by atoms with van der Waals surface area (Å²) in [5.41, 5.74) is 5.89. The van der Waals surface area contributed by atoms with Gasteiger partial charge in [-0.1, -0.05) is 0 Å². The first-order valence-corrected chi connectivity index (χ1v) is 10.2. The number of aliphatic hydroxyl groups is 3. The Labute approximate surface area is 176 Å². The van der Waals surface area contributed by atoms with E-state index in [1.807, 2.05) is 0 Å². The second kappa shape index (κ2) is 8.60. The van der Waals surface area contributed by atoms with Crippen molar-refractivity contribution in [2.45, 2.75) is 35.5 Å². The van der Waals surface area contributed by atoms with Crippen LogP contribution in [0.25, 0.3) is 0 Å². The number of carboxylic acid groups (broad SMARTS) is 1. The molecule has 0 spiro atoms. The summed E-state index contributed by atoms with van der Waals surface area (Å²) in [7, 11) is -3.28. The van der Waals surface area contributed by atoms with Crippen LogP contribution in [0.2, 0.25) is 0 Å². The molecule has 0 bridgehead atoms. The lowest BCUT2D eigenvalue weighted by atomic mass is 9.98. The molecule has 6 N–H and O–H groups in total. The molecule has 13 nitrogen and oxygen atoms in total. The highest BCUT2D eigenvalue weighted by Gasteiger charge is 2.52. The van der Waals surface area contributed by atoms with Gasteiger partial charge in [-0.3, -0.25) is 0 Å². The van der Waals surface area contributed by atoms with Crippen molar-refractivity contribution in [1.82, 2.24) is 9.97 Å². The van der Waals surface area contributed by atoms with E-state index in [0.29, 0.717) is 4.31 Å². The van der Waals surface area contributed by atoms with Gasteiger partial charge in [0.2, 0.25) is 5.88 Å². The molecule has 1 aromatic heterocycles. The van der Waals surface area contributed by atoms with E-state index in [1.165, 1.54) is 31.4 Å². The van der Waals surface area contributed by atoms with Crippen LogP contribution in [-0.4, -0.2) is 82.5 Å². The number of anilines is 2. The van der Waals surface area contributed by atoms with Crippen LogP contribution < -0.4 is 14.8 Å². The maximum Gasteiger partial charge on any atom is 0.335 e. The summed E-state index contributed by atoms with van der Waals surface area (Å²) >= 11 is 0. The van der Waals surface area contributed by atoms with Crippen molar-refractivity contribution in [2.75, 3.05) is 17.1 Å². The number of aliphatic hydroxyl groups excluding tert-OH is 3. The molecular formula is C17H20N4O9S. The van der Waals surface area contributed by atoms with Crippen LogP contribution >= 0.6 is 0 Å². The first-order chi connectivity index (χ1) is 14.6. The normalized spacial score (nSPS) is 26.3. The first-order valence-electron chi connectivity index (χ1n) is 8.76. The predicted molar refractivity (Wildman–Crippen MR) is 103 cm³/mol. The largest absolute Gasteiger partial charge is 0.481 e. The Kier molecular flexibility index (Phi) is 6.28. The van der Waals surface area contributed by atoms with Gasteiger partial charge in [0.25, 0.3) is 10.0 Å². The number of methoxy groups -OCH3 is 1. The molecule has 1 saturated heterocycles. The van der Waals surface area contributed by atoms with Gasteiger partial charge < -0.3 is 35.6 Å². The lowest BCUT2D eigenvalue weighted by molar-refractivity contribution is -0.224. The molecule has 14 heteroatoms. The van der Waals surface area contributed by atoms with Gasteiger partial charge in [0.05, 0.1) is 12.0 Å². The highest BCUT2D eigenvalue weighted by Crippen LogP contribution is 2.33. The number of nitrogens with zero attached hydrogens (tertiary/aromatic N) is 3. The van der Waals surface area contributed by atoms with Crippen LogP contribution in [0.15, 0.2) is 41.6 Å². The van der Waals surface area contributed by atoms with Crippen LogP contribution in [0.1, 0.15) is 0 Å². The molecule has 2 heterocycles. The molecule has 0 aliphatic carbocycles. The number of carbonyl (C=O) groups is 1. The molecule has 2 aromatic rings. The number of ether oxygens (including phenoxy) is 2. The van der Waals surface area contributed by atoms with E-state index < -0.39 is 46.6 Å². The second-order valence-corrected chi connectivity index (χ2v) is 8.36. The van der Waals surface area contributed by atoms with Crippen molar-refractivity contribution in [1.29, 1.82) is 0 Å². The third kappa shape index (κ3) is 4.24. The quantitative estimate of drug-likeness (QED) is 0.304. The van der Waals surface area contributed by atoms with Crippen LogP contribution in [-0.2, 0) is 19.6 Å². The number of aliphatic carboxylic acids is 1. The van der Waals surface area contributed by atoms with Crippen molar-refractivity contribution >= 4 is 27.5 Å². The third-order valence-electron chi connectivity index (χ3n) is 4.56. The highest BCUT2D eigenvalue weighted by molar-refractivity contribution is 7.92. The SMILES string of the molecule is COc1cc(N([C@@H]2O[C@H](C(=O)O)[C@@H](O)[C@H](O)[C@H]2O)S(=O)(=O)c2ccc(N)cc2)ncn1. The molecule has 1 aromatic carbocycles. The van der Waals surface area contributed by atoms with E-state index >= 15 is 0 Å². The summed E-state index contributed by atoms with van der Waals surface area (Å²) in [5.74, 6) is -2.06. The smallest absolute Gasteiger partial charge is 0.335 e. The molecule has 1 aliphatic rings. The maximum atomic E-state index is 13.5. The second-order valence-electron chi connectivity index (χ2n) is 6.55. The van der Waals surface area contributed by atoms with E-state index in [1.54, 1.807) is 0 Å². The zero-order valence-corrected chi connectivity index (χ0v) is 16.8. The fraction of sp³-hybridized carbons (Fsp3) is 0.353. The van der Waals surface area contributed by atoms with Gasteiger partial charge in [-0.25, -0.2) is 27.5 Å². The van der Waals surface area contributed by atoms with Gasteiger partial charge in [0.15, 0.2) is 18.1 Å². The summed E-state index contributed by atoms with van der Waals surface area (Å²) in [4.78, 5) is 18.8. The maximum absolute atomic E-state index is 13.5. The van der Waals surface area contributed by atoms with E-state index in [2.05, 4.69) is 9.97 Å². The standard InChI is InChI=1S/C17H20N4O9S/c1-29-11-6-10(19-7-20-11)21(31(27,28)9-4-2-8(18)3-5-9)16-14(24)12(22)13(23)15(30-16)17(25)26/h2-7,12-16,22-24H,18H2,1H3,(H,25,26)/t12-,13-,14+,15-,16+/m0/s1. The van der Waals surface area contributed by atoms with Crippen molar-refractivity contribution < 1.29 is 43.1 Å². The lowest BCUT2D eigenvalue weighted by Gasteiger charge is -2.43. The van der Waals surface area contributed by atoms with Crippen LogP contribution in [0, 0.1) is 0 Å². The Morgan fingerprint density at radius 3 is 2.35 bits per heavy atom. The molecule has 0 amide bonds. The predicted octanol–water partition coefficient (Wildman–Crippen LogP) is -1.85. The van der Waals surface area contributed by atoms with E-state index in [9.17, 15) is 33.6 Å². The fourth-order valence-electron chi connectivity index (χ4n) is 2.96. The van der Waals surface area contributed by atoms with Gasteiger partial charge >= 0.3 is 5.97 Å². The Hall–Kier alpha value is -3.04. The monoisotopic (exact) mass is 456 g/mol. The number of aromatic nitrogens is 2. The number of nitrogens with two attached hydrogens (primary N) is 1. The van der Waals surface area contributed by atoms with E-state index in [-0.39, 0.29) is 22.3 Å². The Morgan fingerprint density at radius 1 is 1.13 bits per heavy atom. The van der Waals surface area contributed by atoms with Gasteiger partial charge in [0, 0.05) is 11.8 Å². The minimum Gasteiger partial charge on any atom is -0.481 e. The number of hydrogen-bond acceptors (Lipinski definition) is 11. The minimum atomic E-state index is -4.56. The molecule has 168 valence electrons. The van der Waals surface area contributed by atoms with Crippen molar-refractivity contribution in [2.24, 2.45) is 0 Å². The average Bonchev–Trinajstić information content (AvgIpc) is 2.74. The molecule has 0 saturated carbocycles. The number of sulfonamides is 1. The molecular weight excluding hydrogens is 436 g/mol. The van der Waals surface area contributed by atoms with E-state index in [0.717, 1.165) is 12.4 Å². The highest BCUT2D eigenvalue weighted by atomic mass is 32.2. The molecule has 1 aliphatic heterocycles. The minimum absolute atomic E-state index is 0.0387. The number of rotatable bonds is 6. The topological polar surface area (TPSA) is 206 Å². The summed E-state index contributed by atoms with van der Waals surface area (Å²) in [6, 6.07) is 6.12. The number of carboxylic acids is 1. The fourth-order valence-corrected chi connectivity index (χ4v) is 4.47. The zero-order valence-electron chi connectivity index (χ0n) is 16.0. The summed E-state index contributed by atoms with van der Waals surface area (Å²) in [6.07, 6.45) is -9.10. The average molecular weight is 456 g/mol. The Morgan fingerprint density at radius 2 is 1.77 bits per heavy atom. The van der Waals surface area contributed by atoms with Crippen LogP contribution in [0.3, 0.4) is 0 Å². The molecule has 5 atom stereocenters. The first kappa shape index (κ1) is 22.6. The zero-order chi connectivity index (χ0) is 22.9. The summed E-state index contributed by atoms with van der Waals surface area (Å²) in [6.45, 7) is 0. The van der Waals surface area contributed by atoms with Crippen molar-refractivity contribution in [3.63, 3.8) is 0 Å². The molecule has 31 heavy (non-hydrogen) atoms. The van der Waals surface area contributed by atoms with Gasteiger partial charge in [0.1, 0.15) is 24.6 Å². The number of nitrogen functional groups attached to an aromatic ring is 1. The third-order valence-corrected chi connectivity index (χ3v) is 6.34. The lowest BCUT2D eigenvalue weighted by Crippen LogP contribution is -2.65.